The zero-order chi connectivity index (χ0) is 18.4. The number of amides is 1. The Hall–Kier alpha value is -2.09. The minimum absolute atomic E-state index is 0.300. The van der Waals surface area contributed by atoms with Crippen LogP contribution in [0.15, 0.2) is 52.9 Å². The van der Waals surface area contributed by atoms with Gasteiger partial charge in [0, 0.05) is 22.2 Å². The summed E-state index contributed by atoms with van der Waals surface area (Å²) in [5.74, 6) is -0.136. The number of hydrogen-bond donors (Lipinski definition) is 1. The van der Waals surface area contributed by atoms with E-state index in [1.54, 1.807) is 35.5 Å². The SMILES string of the molecule is O=C(COC(=O)c1ccc2ncsc2c1)NCCSc1ccc(Cl)cc1. The molecule has 0 aliphatic carbocycles. The van der Waals surface area contributed by atoms with E-state index in [1.165, 1.54) is 11.3 Å². The van der Waals surface area contributed by atoms with Gasteiger partial charge in [-0.1, -0.05) is 11.6 Å². The van der Waals surface area contributed by atoms with Crippen LogP contribution < -0.4 is 5.32 Å². The summed E-state index contributed by atoms with van der Waals surface area (Å²) in [4.78, 5) is 29.0. The van der Waals surface area contributed by atoms with Crippen LogP contribution in [0.5, 0.6) is 0 Å². The predicted octanol–water partition coefficient (Wildman–Crippen LogP) is 4.02. The van der Waals surface area contributed by atoms with Gasteiger partial charge in [-0.3, -0.25) is 4.79 Å². The van der Waals surface area contributed by atoms with E-state index in [-0.39, 0.29) is 12.5 Å². The summed E-state index contributed by atoms with van der Waals surface area (Å²) in [7, 11) is 0. The average Bonchev–Trinajstić information content (AvgIpc) is 3.12. The molecule has 26 heavy (non-hydrogen) atoms. The first-order chi connectivity index (χ1) is 12.6. The summed E-state index contributed by atoms with van der Waals surface area (Å²) >= 11 is 8.89. The number of hydrogen-bond acceptors (Lipinski definition) is 6. The zero-order valence-corrected chi connectivity index (χ0v) is 16.0. The van der Waals surface area contributed by atoms with Gasteiger partial charge >= 0.3 is 5.97 Å². The molecule has 0 radical (unpaired) electrons. The van der Waals surface area contributed by atoms with Crippen LogP contribution in [0.4, 0.5) is 0 Å². The number of rotatable bonds is 7. The molecule has 5 nitrogen and oxygen atoms in total. The van der Waals surface area contributed by atoms with Crippen LogP contribution in [0.3, 0.4) is 0 Å². The highest BCUT2D eigenvalue weighted by molar-refractivity contribution is 7.99. The minimum atomic E-state index is -0.522. The van der Waals surface area contributed by atoms with Crippen LogP contribution in [0.2, 0.25) is 5.02 Å². The number of carbonyl (C=O) groups is 2. The Morgan fingerprint density at radius 1 is 1.19 bits per heavy atom. The molecule has 134 valence electrons. The van der Waals surface area contributed by atoms with Crippen LogP contribution in [-0.2, 0) is 9.53 Å². The number of nitrogens with one attached hydrogen (secondary N) is 1. The molecule has 3 aromatic rings. The molecule has 0 saturated carbocycles. The second-order valence-electron chi connectivity index (χ2n) is 5.26. The lowest BCUT2D eigenvalue weighted by Crippen LogP contribution is -2.30. The zero-order valence-electron chi connectivity index (χ0n) is 13.6. The van der Waals surface area contributed by atoms with E-state index in [1.807, 2.05) is 24.3 Å². The van der Waals surface area contributed by atoms with Crippen molar-refractivity contribution in [2.24, 2.45) is 0 Å². The molecular formula is C18H15ClN2O3S2. The average molecular weight is 407 g/mol. The van der Waals surface area contributed by atoms with Gasteiger partial charge in [-0.15, -0.1) is 23.1 Å². The Morgan fingerprint density at radius 3 is 2.81 bits per heavy atom. The van der Waals surface area contributed by atoms with E-state index >= 15 is 0 Å². The van der Waals surface area contributed by atoms with Crippen molar-refractivity contribution in [3.8, 4) is 0 Å². The molecule has 0 unspecified atom stereocenters. The van der Waals surface area contributed by atoms with Crippen LogP contribution >= 0.6 is 34.7 Å². The first-order valence-corrected chi connectivity index (χ1v) is 10.0. The Kier molecular flexibility index (Phi) is 6.49. The standard InChI is InChI=1S/C18H15ClN2O3S2/c19-13-2-4-14(5-3-13)25-8-7-20-17(22)10-24-18(23)12-1-6-15-16(9-12)26-11-21-15/h1-6,9,11H,7-8,10H2,(H,20,22). The lowest BCUT2D eigenvalue weighted by molar-refractivity contribution is -0.124. The molecule has 0 fully saturated rings. The number of halogens is 1. The highest BCUT2D eigenvalue weighted by Crippen LogP contribution is 2.20. The van der Waals surface area contributed by atoms with Crippen LogP contribution in [0, 0.1) is 0 Å². The van der Waals surface area contributed by atoms with Crippen molar-refractivity contribution in [2.45, 2.75) is 4.90 Å². The maximum atomic E-state index is 12.0. The number of nitrogens with zero attached hydrogens (tertiary/aromatic N) is 1. The molecule has 3 rings (SSSR count). The van der Waals surface area contributed by atoms with Gasteiger partial charge in [0.15, 0.2) is 6.61 Å². The number of fused-ring (bicyclic) bond motifs is 1. The van der Waals surface area contributed by atoms with E-state index in [4.69, 9.17) is 16.3 Å². The number of esters is 1. The summed E-state index contributed by atoms with van der Waals surface area (Å²) in [5, 5.41) is 3.42. The molecule has 1 N–H and O–H groups in total. The summed E-state index contributed by atoms with van der Waals surface area (Å²) in [5.41, 5.74) is 2.96. The molecule has 1 amide bonds. The lowest BCUT2D eigenvalue weighted by atomic mass is 10.2. The summed E-state index contributed by atoms with van der Waals surface area (Å²) < 4.78 is 5.96. The van der Waals surface area contributed by atoms with Crippen molar-refractivity contribution in [2.75, 3.05) is 18.9 Å². The molecule has 0 bridgehead atoms. The fourth-order valence-electron chi connectivity index (χ4n) is 2.14. The fraction of sp³-hybridized carbons (Fsp3) is 0.167. The number of carbonyl (C=O) groups excluding carboxylic acids is 2. The van der Waals surface area contributed by atoms with Gasteiger partial charge in [-0.05, 0) is 42.5 Å². The van der Waals surface area contributed by atoms with Gasteiger partial charge in [0.1, 0.15) is 0 Å². The third-order valence-corrected chi connectivity index (χ3v) is 5.47. The van der Waals surface area contributed by atoms with Crippen molar-refractivity contribution in [1.29, 1.82) is 0 Å². The molecule has 2 aromatic carbocycles. The fourth-order valence-corrected chi connectivity index (χ4v) is 3.75. The number of aromatic nitrogens is 1. The maximum absolute atomic E-state index is 12.0. The first kappa shape index (κ1) is 18.7. The molecule has 0 atom stereocenters. The Balaban J connectivity index is 1.38. The van der Waals surface area contributed by atoms with Gasteiger partial charge in [-0.25, -0.2) is 9.78 Å². The van der Waals surface area contributed by atoms with E-state index in [0.717, 1.165) is 15.1 Å². The van der Waals surface area contributed by atoms with E-state index in [2.05, 4.69) is 10.3 Å². The van der Waals surface area contributed by atoms with E-state index in [0.29, 0.717) is 22.9 Å². The Morgan fingerprint density at radius 2 is 2.00 bits per heavy atom. The van der Waals surface area contributed by atoms with Gasteiger partial charge in [0.05, 0.1) is 21.3 Å². The van der Waals surface area contributed by atoms with Crippen LogP contribution in [0.25, 0.3) is 10.2 Å². The Labute approximate surface area is 163 Å². The van der Waals surface area contributed by atoms with Crippen LogP contribution in [0.1, 0.15) is 10.4 Å². The quantitative estimate of drug-likeness (QED) is 0.364. The van der Waals surface area contributed by atoms with Gasteiger partial charge in [0.25, 0.3) is 5.91 Å². The summed E-state index contributed by atoms with van der Waals surface area (Å²) in [6, 6.07) is 12.6. The third-order valence-electron chi connectivity index (χ3n) is 3.41. The van der Waals surface area contributed by atoms with Gasteiger partial charge < -0.3 is 10.1 Å². The smallest absolute Gasteiger partial charge is 0.338 e. The highest BCUT2D eigenvalue weighted by Gasteiger charge is 2.11. The molecule has 0 aliphatic heterocycles. The van der Waals surface area contributed by atoms with Gasteiger partial charge in [0.2, 0.25) is 0 Å². The number of thiazole rings is 1. The minimum Gasteiger partial charge on any atom is -0.452 e. The molecule has 8 heteroatoms. The van der Waals surface area contributed by atoms with Crippen molar-refractivity contribution < 1.29 is 14.3 Å². The predicted molar refractivity (Wildman–Crippen MR) is 105 cm³/mol. The third kappa shape index (κ3) is 5.20. The van der Waals surface area contributed by atoms with E-state index < -0.39 is 5.97 Å². The molecule has 1 aromatic heterocycles. The monoisotopic (exact) mass is 406 g/mol. The largest absolute Gasteiger partial charge is 0.452 e. The molecule has 0 aliphatic rings. The molecule has 1 heterocycles. The molecule has 0 saturated heterocycles. The van der Waals surface area contributed by atoms with Crippen molar-refractivity contribution >= 4 is 56.8 Å². The second-order valence-corrected chi connectivity index (χ2v) is 7.75. The van der Waals surface area contributed by atoms with Crippen molar-refractivity contribution in [1.82, 2.24) is 10.3 Å². The lowest BCUT2D eigenvalue weighted by Gasteiger charge is -2.07. The summed E-state index contributed by atoms with van der Waals surface area (Å²) in [6.45, 7) is 0.182. The second kappa shape index (κ2) is 9.02. The van der Waals surface area contributed by atoms with E-state index in [9.17, 15) is 9.59 Å². The van der Waals surface area contributed by atoms with Crippen molar-refractivity contribution in [3.05, 3.63) is 58.6 Å². The number of ether oxygens (including phenoxy) is 1. The highest BCUT2D eigenvalue weighted by atomic mass is 35.5. The summed E-state index contributed by atoms with van der Waals surface area (Å²) in [6.07, 6.45) is 0. The molecule has 0 spiro atoms. The first-order valence-electron chi connectivity index (χ1n) is 7.77. The molecular weight excluding hydrogens is 392 g/mol. The topological polar surface area (TPSA) is 68.3 Å². The normalized spacial score (nSPS) is 10.7. The Bertz CT molecular complexity index is 912. The van der Waals surface area contributed by atoms with Gasteiger partial charge in [-0.2, -0.15) is 0 Å². The number of thioether (sulfide) groups is 1. The van der Waals surface area contributed by atoms with Crippen molar-refractivity contribution in [3.63, 3.8) is 0 Å². The maximum Gasteiger partial charge on any atom is 0.338 e. The number of benzene rings is 2. The van der Waals surface area contributed by atoms with Crippen LogP contribution in [-0.4, -0.2) is 35.8 Å².